The maximum Gasteiger partial charge on any atom is 0.415 e. The highest BCUT2D eigenvalue weighted by molar-refractivity contribution is 6.12. The summed E-state index contributed by atoms with van der Waals surface area (Å²) in [5.74, 6) is 0. The second-order valence-electron chi connectivity index (χ2n) is 13.1. The van der Waals surface area contributed by atoms with Crippen LogP contribution in [0.2, 0.25) is 0 Å². The molecule has 0 saturated heterocycles. The monoisotopic (exact) mass is 658 g/mol. The quantitative estimate of drug-likeness (QED) is 0.174. The molecule has 0 unspecified atom stereocenters. The van der Waals surface area contributed by atoms with Gasteiger partial charge in [0.25, 0.3) is 0 Å². The van der Waals surface area contributed by atoms with E-state index >= 15 is 0 Å². The number of hydrogen-bond acceptors (Lipinski definition) is 1. The molecule has 0 aliphatic heterocycles. The van der Waals surface area contributed by atoms with Crippen molar-refractivity contribution < 1.29 is 13.2 Å². The second-order valence-corrected chi connectivity index (χ2v) is 13.1. The molecule has 2 heterocycles. The number of nitrogens with zero attached hydrogens (tertiary/aromatic N) is 4. The van der Waals surface area contributed by atoms with Gasteiger partial charge in [0.1, 0.15) is 0 Å². The molecule has 2 aromatic heterocycles. The van der Waals surface area contributed by atoms with Crippen LogP contribution in [0.3, 0.4) is 0 Å². The Morgan fingerprint density at radius 1 is 0.580 bits per heavy atom. The maximum absolute atomic E-state index is 14.1. The predicted octanol–water partition coefficient (Wildman–Crippen LogP) is 12.2. The topological polar surface area (TPSA) is 38.0 Å². The first-order valence-electron chi connectivity index (χ1n) is 16.2. The highest BCUT2D eigenvalue weighted by Crippen LogP contribution is 2.43. The fraction of sp³-hybridized carbons (Fsp3) is 0.116. The highest BCUT2D eigenvalue weighted by Gasteiger charge is 2.32. The van der Waals surface area contributed by atoms with Gasteiger partial charge in [-0.2, -0.15) is 18.4 Å². The number of nitriles is 1. The van der Waals surface area contributed by atoms with Crippen LogP contribution in [-0.4, -0.2) is 9.13 Å². The number of aromatic nitrogens is 2. The highest BCUT2D eigenvalue weighted by atomic mass is 19.4. The minimum Gasteiger partial charge on any atom is -0.307 e. The Morgan fingerprint density at radius 2 is 1.00 bits per heavy atom. The fourth-order valence-electron chi connectivity index (χ4n) is 7.26. The molecule has 8 aromatic rings. The molecule has 0 N–H and O–H groups in total. The Kier molecular flexibility index (Phi) is 6.89. The van der Waals surface area contributed by atoms with E-state index < -0.39 is 11.7 Å². The van der Waals surface area contributed by atoms with Crippen molar-refractivity contribution in [2.75, 3.05) is 0 Å². The van der Waals surface area contributed by atoms with Crippen LogP contribution in [-0.2, 0) is 6.18 Å². The van der Waals surface area contributed by atoms with Crippen LogP contribution >= 0.6 is 0 Å². The molecule has 8 rings (SSSR count). The van der Waals surface area contributed by atoms with Crippen molar-refractivity contribution in [3.8, 4) is 28.6 Å². The van der Waals surface area contributed by atoms with E-state index in [0.717, 1.165) is 78.0 Å². The zero-order valence-corrected chi connectivity index (χ0v) is 27.7. The number of halogens is 3. The molecule has 242 valence electrons. The van der Waals surface area contributed by atoms with Gasteiger partial charge in [-0.25, -0.2) is 4.85 Å². The molecule has 0 saturated carbocycles. The SMILES string of the molecule is [C-]#[N+]c1cc(-c2cc(-n3c4cc(C)ccc4c4ccc(C)cc43)c(-n3c4cc(C)ccc4c4ccc(C)cc43)cc2C#N)cc(C(F)(F)F)c1. The zero-order chi connectivity index (χ0) is 35.1. The molecule has 0 spiro atoms. The summed E-state index contributed by atoms with van der Waals surface area (Å²) in [7, 11) is 0. The first-order chi connectivity index (χ1) is 23.9. The number of aryl methyl sites for hydroxylation is 4. The summed E-state index contributed by atoms with van der Waals surface area (Å²) >= 11 is 0. The molecule has 0 fully saturated rings. The molecule has 0 radical (unpaired) electrons. The first-order valence-corrected chi connectivity index (χ1v) is 16.2. The lowest BCUT2D eigenvalue weighted by Crippen LogP contribution is -2.07. The van der Waals surface area contributed by atoms with Crippen molar-refractivity contribution in [3.63, 3.8) is 0 Å². The fourth-order valence-corrected chi connectivity index (χ4v) is 7.26. The van der Waals surface area contributed by atoms with Crippen LogP contribution in [0.4, 0.5) is 18.9 Å². The van der Waals surface area contributed by atoms with Crippen molar-refractivity contribution in [1.82, 2.24) is 9.13 Å². The smallest absolute Gasteiger partial charge is 0.307 e. The van der Waals surface area contributed by atoms with Gasteiger partial charge in [-0.3, -0.25) is 0 Å². The Labute approximate surface area is 286 Å². The second kappa shape index (κ2) is 11.1. The van der Waals surface area contributed by atoms with Gasteiger partial charge in [0.05, 0.1) is 51.6 Å². The van der Waals surface area contributed by atoms with E-state index in [1.807, 2.05) is 33.8 Å². The van der Waals surface area contributed by atoms with Gasteiger partial charge in [0, 0.05) is 32.7 Å². The minimum absolute atomic E-state index is 0.150. The largest absolute Gasteiger partial charge is 0.415 e. The van der Waals surface area contributed by atoms with E-state index in [-0.39, 0.29) is 16.8 Å². The summed E-state index contributed by atoms with van der Waals surface area (Å²) in [5, 5.41) is 14.8. The summed E-state index contributed by atoms with van der Waals surface area (Å²) in [6.07, 6.45) is -4.67. The normalized spacial score (nSPS) is 11.9. The summed E-state index contributed by atoms with van der Waals surface area (Å²) in [6.45, 7) is 15.7. The Morgan fingerprint density at radius 3 is 1.38 bits per heavy atom. The van der Waals surface area contributed by atoms with Crippen LogP contribution in [0.1, 0.15) is 33.4 Å². The Balaban J connectivity index is 1.60. The number of hydrogen-bond donors (Lipinski definition) is 0. The zero-order valence-electron chi connectivity index (χ0n) is 27.7. The summed E-state index contributed by atoms with van der Waals surface area (Å²) < 4.78 is 46.8. The van der Waals surface area contributed by atoms with Gasteiger partial charge < -0.3 is 9.13 Å². The molecule has 4 nitrogen and oxygen atoms in total. The molecule has 50 heavy (non-hydrogen) atoms. The third kappa shape index (κ3) is 4.82. The first kappa shape index (κ1) is 31.0. The number of benzene rings is 6. The predicted molar refractivity (Wildman–Crippen MR) is 195 cm³/mol. The molecule has 6 aromatic carbocycles. The standard InChI is InChI=1S/C43H29F3N4/c1-24-6-10-32-33-11-7-25(2)15-38(33)49(37(32)14-24)41-20-29(23-47)36(28-18-30(43(44,45)46)21-31(19-28)48-5)22-42(41)50-39-16-26(3)8-12-34(39)35-13-9-27(4)17-40(35)50/h6-22H,1-4H3. The van der Waals surface area contributed by atoms with Gasteiger partial charge in [0.2, 0.25) is 0 Å². The summed E-state index contributed by atoms with van der Waals surface area (Å²) in [6, 6.07) is 34.4. The van der Waals surface area contributed by atoms with Gasteiger partial charge in [-0.15, -0.1) is 0 Å². The van der Waals surface area contributed by atoms with E-state index in [9.17, 15) is 18.4 Å². The van der Waals surface area contributed by atoms with Crippen LogP contribution in [0.25, 0.3) is 71.0 Å². The van der Waals surface area contributed by atoms with Gasteiger partial charge >= 0.3 is 6.18 Å². The van der Waals surface area contributed by atoms with E-state index in [1.54, 1.807) is 6.07 Å². The van der Waals surface area contributed by atoms with Crippen molar-refractivity contribution in [3.05, 3.63) is 148 Å². The molecule has 0 aliphatic rings. The molecule has 0 bridgehead atoms. The van der Waals surface area contributed by atoms with E-state index in [1.165, 1.54) is 6.07 Å². The number of fused-ring (bicyclic) bond motifs is 6. The third-order valence-electron chi connectivity index (χ3n) is 9.56. The van der Waals surface area contributed by atoms with Crippen molar-refractivity contribution in [1.29, 1.82) is 5.26 Å². The minimum atomic E-state index is -4.67. The van der Waals surface area contributed by atoms with E-state index in [0.29, 0.717) is 16.9 Å². The lowest BCUT2D eigenvalue weighted by molar-refractivity contribution is -0.137. The van der Waals surface area contributed by atoms with Gasteiger partial charge in [0.15, 0.2) is 5.69 Å². The van der Waals surface area contributed by atoms with E-state index in [2.05, 4.69) is 92.8 Å². The maximum atomic E-state index is 14.1. The molecular formula is C43H29F3N4. The summed E-state index contributed by atoms with van der Waals surface area (Å²) in [5.41, 5.74) is 8.97. The number of rotatable bonds is 3. The Bertz CT molecular complexity index is 2700. The molecule has 7 heteroatoms. The lowest BCUT2D eigenvalue weighted by atomic mass is 9.95. The summed E-state index contributed by atoms with van der Waals surface area (Å²) in [4.78, 5) is 3.36. The molecule has 0 atom stereocenters. The van der Waals surface area contributed by atoms with Gasteiger partial charge in [-0.05, 0) is 110 Å². The van der Waals surface area contributed by atoms with Crippen molar-refractivity contribution in [2.24, 2.45) is 0 Å². The van der Waals surface area contributed by atoms with Crippen LogP contribution in [0.5, 0.6) is 0 Å². The average molecular weight is 659 g/mol. The van der Waals surface area contributed by atoms with Crippen molar-refractivity contribution in [2.45, 2.75) is 33.9 Å². The Hall–Kier alpha value is -6.31. The van der Waals surface area contributed by atoms with Crippen LogP contribution < -0.4 is 0 Å². The average Bonchev–Trinajstić information content (AvgIpc) is 3.57. The van der Waals surface area contributed by atoms with E-state index in [4.69, 9.17) is 6.57 Å². The van der Waals surface area contributed by atoms with Crippen LogP contribution in [0.15, 0.2) is 103 Å². The molecule has 0 amide bonds. The third-order valence-corrected chi connectivity index (χ3v) is 9.56. The molecule has 0 aliphatic carbocycles. The van der Waals surface area contributed by atoms with Crippen molar-refractivity contribution >= 4 is 49.3 Å². The van der Waals surface area contributed by atoms with Crippen LogP contribution in [0, 0.1) is 45.6 Å². The lowest BCUT2D eigenvalue weighted by Gasteiger charge is -2.20. The van der Waals surface area contributed by atoms with Gasteiger partial charge in [-0.1, -0.05) is 48.5 Å². The number of alkyl halides is 3. The molecular weight excluding hydrogens is 629 g/mol.